The zero-order valence-corrected chi connectivity index (χ0v) is 14.5. The van der Waals surface area contributed by atoms with Gasteiger partial charge in [0.1, 0.15) is 0 Å². The fraction of sp³-hybridized carbons (Fsp3) is 0.611. The molecule has 1 aliphatic heterocycles. The lowest BCUT2D eigenvalue weighted by Gasteiger charge is -2.32. The lowest BCUT2D eigenvalue weighted by molar-refractivity contribution is -0.125. The van der Waals surface area contributed by atoms with Crippen molar-refractivity contribution < 1.29 is 4.79 Å². The SMILES string of the molecule is O=C(NC[C@@H]1C[C@H]2C=C[C@H]1C2)C1CCN(c2ccc(Cl)nn2)CC1. The number of nitrogens with zero attached hydrogens (tertiary/aromatic N) is 3. The normalized spacial score (nSPS) is 29.2. The van der Waals surface area contributed by atoms with Crippen LogP contribution < -0.4 is 10.2 Å². The first-order chi connectivity index (χ1) is 11.7. The standard InChI is InChI=1S/C18H23ClN4O/c19-16-3-4-17(22-21-16)23-7-5-13(6-8-23)18(24)20-11-15-10-12-1-2-14(15)9-12/h1-4,12-15H,5-11H2,(H,20,24)/t12-,14-,15-/m0/s1. The minimum absolute atomic E-state index is 0.121. The summed E-state index contributed by atoms with van der Waals surface area (Å²) in [4.78, 5) is 14.6. The van der Waals surface area contributed by atoms with E-state index in [0.29, 0.717) is 17.0 Å². The van der Waals surface area contributed by atoms with Gasteiger partial charge in [0.05, 0.1) is 0 Å². The van der Waals surface area contributed by atoms with Gasteiger partial charge in [0.2, 0.25) is 5.91 Å². The van der Waals surface area contributed by atoms with E-state index in [1.807, 2.05) is 6.07 Å². The zero-order chi connectivity index (χ0) is 16.5. The maximum atomic E-state index is 12.5. The Morgan fingerprint density at radius 2 is 2.04 bits per heavy atom. The number of aromatic nitrogens is 2. The van der Waals surface area contributed by atoms with E-state index in [4.69, 9.17) is 11.6 Å². The smallest absolute Gasteiger partial charge is 0.223 e. The summed E-state index contributed by atoms with van der Waals surface area (Å²) < 4.78 is 0. The van der Waals surface area contributed by atoms with Gasteiger partial charge in [-0.15, -0.1) is 10.2 Å². The number of rotatable bonds is 4. The molecule has 2 fully saturated rings. The van der Waals surface area contributed by atoms with Gasteiger partial charge in [-0.05, 0) is 55.6 Å². The number of hydrogen-bond acceptors (Lipinski definition) is 4. The summed E-state index contributed by atoms with van der Waals surface area (Å²) in [6, 6.07) is 3.64. The van der Waals surface area contributed by atoms with Crippen LogP contribution in [0, 0.1) is 23.7 Å². The van der Waals surface area contributed by atoms with Crippen LogP contribution in [0.2, 0.25) is 5.15 Å². The van der Waals surface area contributed by atoms with E-state index in [9.17, 15) is 4.79 Å². The molecule has 1 N–H and O–H groups in total. The third-order valence-electron chi connectivity index (χ3n) is 5.76. The summed E-state index contributed by atoms with van der Waals surface area (Å²) in [6.07, 6.45) is 8.96. The minimum Gasteiger partial charge on any atom is -0.356 e. The molecular formula is C18H23ClN4O. The number of fused-ring (bicyclic) bond motifs is 2. The van der Waals surface area contributed by atoms with Crippen molar-refractivity contribution in [2.24, 2.45) is 23.7 Å². The molecule has 3 aliphatic rings. The molecule has 1 amide bonds. The average Bonchev–Trinajstić information content (AvgIpc) is 3.23. The molecule has 5 nitrogen and oxygen atoms in total. The number of carbonyl (C=O) groups excluding carboxylic acids is 1. The van der Waals surface area contributed by atoms with Gasteiger partial charge < -0.3 is 10.2 Å². The monoisotopic (exact) mass is 346 g/mol. The van der Waals surface area contributed by atoms with Crippen molar-refractivity contribution in [1.82, 2.24) is 15.5 Å². The molecule has 128 valence electrons. The molecule has 1 saturated heterocycles. The van der Waals surface area contributed by atoms with Crippen molar-refractivity contribution in [3.8, 4) is 0 Å². The number of carbonyl (C=O) groups is 1. The van der Waals surface area contributed by atoms with E-state index < -0.39 is 0 Å². The van der Waals surface area contributed by atoms with Gasteiger partial charge in [0.25, 0.3) is 0 Å². The minimum atomic E-state index is 0.121. The first-order valence-electron chi connectivity index (χ1n) is 8.89. The number of halogens is 1. The molecule has 2 bridgehead atoms. The lowest BCUT2D eigenvalue weighted by Crippen LogP contribution is -2.42. The van der Waals surface area contributed by atoms with Gasteiger partial charge >= 0.3 is 0 Å². The maximum absolute atomic E-state index is 12.5. The molecule has 0 radical (unpaired) electrons. The molecule has 24 heavy (non-hydrogen) atoms. The molecule has 0 unspecified atom stereocenters. The first-order valence-corrected chi connectivity index (χ1v) is 9.27. The van der Waals surface area contributed by atoms with Crippen molar-refractivity contribution in [3.05, 3.63) is 29.4 Å². The molecule has 2 heterocycles. The third-order valence-corrected chi connectivity index (χ3v) is 5.96. The second-order valence-electron chi connectivity index (χ2n) is 7.26. The summed E-state index contributed by atoms with van der Waals surface area (Å²) >= 11 is 5.78. The second kappa shape index (κ2) is 6.71. The zero-order valence-electron chi connectivity index (χ0n) is 13.7. The number of hydrogen-bond donors (Lipinski definition) is 1. The van der Waals surface area contributed by atoms with E-state index >= 15 is 0 Å². The van der Waals surface area contributed by atoms with Crippen LogP contribution in [0.3, 0.4) is 0 Å². The molecular weight excluding hydrogens is 324 g/mol. The average molecular weight is 347 g/mol. The van der Waals surface area contributed by atoms with E-state index in [0.717, 1.165) is 44.2 Å². The Labute approximate surface area is 147 Å². The Balaban J connectivity index is 1.24. The molecule has 2 aliphatic carbocycles. The number of amides is 1. The predicted molar refractivity (Wildman–Crippen MR) is 93.8 cm³/mol. The largest absolute Gasteiger partial charge is 0.356 e. The Hall–Kier alpha value is -1.62. The van der Waals surface area contributed by atoms with E-state index in [1.165, 1.54) is 12.8 Å². The highest BCUT2D eigenvalue weighted by atomic mass is 35.5. The Morgan fingerprint density at radius 3 is 2.67 bits per heavy atom. The van der Waals surface area contributed by atoms with E-state index in [1.54, 1.807) is 6.07 Å². The molecule has 1 saturated carbocycles. The molecule has 0 aromatic carbocycles. The van der Waals surface area contributed by atoms with Crippen LogP contribution in [-0.2, 0) is 4.79 Å². The van der Waals surface area contributed by atoms with Crippen molar-refractivity contribution in [1.29, 1.82) is 0 Å². The van der Waals surface area contributed by atoms with Crippen molar-refractivity contribution in [2.45, 2.75) is 25.7 Å². The van der Waals surface area contributed by atoms with Gasteiger partial charge in [-0.25, -0.2) is 0 Å². The van der Waals surface area contributed by atoms with Gasteiger partial charge in [-0.1, -0.05) is 23.8 Å². The van der Waals surface area contributed by atoms with Gasteiger partial charge in [0.15, 0.2) is 11.0 Å². The van der Waals surface area contributed by atoms with Crippen molar-refractivity contribution >= 4 is 23.3 Å². The fourth-order valence-electron chi connectivity index (χ4n) is 4.35. The van der Waals surface area contributed by atoms with E-state index in [2.05, 4.69) is 32.6 Å². The Kier molecular flexibility index (Phi) is 4.44. The highest BCUT2D eigenvalue weighted by Gasteiger charge is 2.36. The third kappa shape index (κ3) is 3.27. The van der Waals surface area contributed by atoms with Gasteiger partial charge in [-0.2, -0.15) is 0 Å². The molecule has 3 atom stereocenters. The number of anilines is 1. The number of allylic oxidation sites excluding steroid dienone is 2. The lowest BCUT2D eigenvalue weighted by atomic mass is 9.92. The van der Waals surface area contributed by atoms with Crippen LogP contribution in [0.25, 0.3) is 0 Å². The van der Waals surface area contributed by atoms with Crippen molar-refractivity contribution in [3.63, 3.8) is 0 Å². The van der Waals surface area contributed by atoms with Crippen LogP contribution in [0.4, 0.5) is 5.82 Å². The number of piperidine rings is 1. The summed E-state index contributed by atoms with van der Waals surface area (Å²) in [7, 11) is 0. The van der Waals surface area contributed by atoms with Crippen LogP contribution in [0.1, 0.15) is 25.7 Å². The second-order valence-corrected chi connectivity index (χ2v) is 7.65. The Bertz CT molecular complexity index is 624. The topological polar surface area (TPSA) is 58.1 Å². The number of nitrogens with one attached hydrogen (secondary N) is 1. The summed E-state index contributed by atoms with van der Waals surface area (Å²) in [5.74, 6) is 3.29. The fourth-order valence-corrected chi connectivity index (χ4v) is 4.45. The molecule has 1 aromatic rings. The van der Waals surface area contributed by atoms with Crippen molar-refractivity contribution in [2.75, 3.05) is 24.5 Å². The molecule has 6 heteroatoms. The Morgan fingerprint density at radius 1 is 1.21 bits per heavy atom. The highest BCUT2D eigenvalue weighted by Crippen LogP contribution is 2.43. The van der Waals surface area contributed by atoms with Crippen LogP contribution >= 0.6 is 11.6 Å². The molecule has 0 spiro atoms. The molecule has 1 aromatic heterocycles. The van der Waals surface area contributed by atoms with E-state index in [-0.39, 0.29) is 11.8 Å². The molecule has 4 rings (SSSR count). The van der Waals surface area contributed by atoms with Gasteiger partial charge in [-0.3, -0.25) is 4.79 Å². The summed E-state index contributed by atoms with van der Waals surface area (Å²) in [5.41, 5.74) is 0. The summed E-state index contributed by atoms with van der Waals surface area (Å²) in [5, 5.41) is 11.6. The summed E-state index contributed by atoms with van der Waals surface area (Å²) in [6.45, 7) is 2.52. The maximum Gasteiger partial charge on any atom is 0.223 e. The van der Waals surface area contributed by atoms with Crippen LogP contribution in [-0.4, -0.2) is 35.7 Å². The first kappa shape index (κ1) is 15.9. The quantitative estimate of drug-likeness (QED) is 0.851. The van der Waals surface area contributed by atoms with Crippen LogP contribution in [0.5, 0.6) is 0 Å². The van der Waals surface area contributed by atoms with Crippen LogP contribution in [0.15, 0.2) is 24.3 Å². The highest BCUT2D eigenvalue weighted by molar-refractivity contribution is 6.29. The van der Waals surface area contributed by atoms with Gasteiger partial charge in [0, 0.05) is 25.6 Å². The predicted octanol–water partition coefficient (Wildman–Crippen LogP) is 2.67.